The number of carbonyl (C=O) groups is 2. The van der Waals surface area contributed by atoms with Gasteiger partial charge in [-0.05, 0) is 51.7 Å². The first-order valence-corrected chi connectivity index (χ1v) is 12.4. The van der Waals surface area contributed by atoms with Crippen molar-refractivity contribution in [2.24, 2.45) is 0 Å². The molecule has 6 rings (SSSR count). The zero-order valence-electron chi connectivity index (χ0n) is 22.4. The van der Waals surface area contributed by atoms with Gasteiger partial charge in [0.1, 0.15) is 0 Å². The maximum Gasteiger partial charge on any atom is 1.00 e. The second-order valence-corrected chi connectivity index (χ2v) is 8.72. The third-order valence-electron chi connectivity index (χ3n) is 6.26. The molecule has 0 fully saturated rings. The summed E-state index contributed by atoms with van der Waals surface area (Å²) in [6.07, 6.45) is 0. The minimum absolute atomic E-state index is 0. The molecule has 0 aliphatic heterocycles. The fourth-order valence-electron chi connectivity index (χ4n) is 4.37. The molecule has 6 aromatic rings. The van der Waals surface area contributed by atoms with Crippen molar-refractivity contribution in [2.75, 3.05) is 0 Å². The molecule has 0 aromatic heterocycles. The average molecular weight is 519 g/mol. The van der Waals surface area contributed by atoms with Gasteiger partial charge in [-0.25, -0.2) is 9.59 Å². The molecule has 0 unspecified atom stereocenters. The van der Waals surface area contributed by atoms with E-state index in [1.54, 1.807) is 12.1 Å². The van der Waals surface area contributed by atoms with Crippen molar-refractivity contribution >= 4 is 33.5 Å². The van der Waals surface area contributed by atoms with E-state index in [9.17, 15) is 14.7 Å². The summed E-state index contributed by atoms with van der Waals surface area (Å²) in [5.41, 5.74) is 3.26. The quantitative estimate of drug-likeness (QED) is 0.238. The van der Waals surface area contributed by atoms with Gasteiger partial charge in [-0.15, -0.1) is 0 Å². The third kappa shape index (κ3) is 7.27. The average Bonchev–Trinajstić information content (AvgIpc) is 2.98. The summed E-state index contributed by atoms with van der Waals surface area (Å²) in [5.74, 6) is -1.77. The summed E-state index contributed by atoms with van der Waals surface area (Å²) >= 11 is 0. The Morgan fingerprint density at radius 3 is 1.55 bits per heavy atom. The van der Waals surface area contributed by atoms with E-state index < -0.39 is 11.9 Å². The van der Waals surface area contributed by atoms with Crippen molar-refractivity contribution < 1.29 is 38.7 Å². The molecular weight excluding hydrogens is 491 g/mol. The third-order valence-corrected chi connectivity index (χ3v) is 6.26. The van der Waals surface area contributed by atoms with Crippen LogP contribution in [-0.4, -0.2) is 22.2 Å². The van der Waals surface area contributed by atoms with E-state index in [0.29, 0.717) is 11.1 Å². The zero-order chi connectivity index (χ0) is 27.6. The largest absolute Gasteiger partial charge is 1.00 e. The Balaban J connectivity index is 0.000000184. The normalized spacial score (nSPS) is 9.82. The van der Waals surface area contributed by atoms with Crippen LogP contribution >= 0.6 is 0 Å². The number of fused-ring (bicyclic) bond motifs is 2. The molecule has 4 nitrogen and oxygen atoms in total. The first kappa shape index (κ1) is 29.9. The van der Waals surface area contributed by atoms with Crippen LogP contribution in [0.15, 0.2) is 133 Å². The van der Waals surface area contributed by atoms with E-state index in [1.807, 2.05) is 128 Å². The fraction of sp³-hybridized carbons (Fsp3) is 0.0286. The van der Waals surface area contributed by atoms with Crippen LogP contribution in [0.2, 0.25) is 0 Å². The maximum absolute atomic E-state index is 11.4. The monoisotopic (exact) mass is 518 g/mol. The molecular formula is C35H27LiO4. The van der Waals surface area contributed by atoms with Gasteiger partial charge in [0.05, 0.1) is 11.1 Å². The topological polar surface area (TPSA) is 74.6 Å². The number of hydrogen-bond acceptors (Lipinski definition) is 2. The second-order valence-electron chi connectivity index (χ2n) is 8.72. The van der Waals surface area contributed by atoms with Crippen molar-refractivity contribution in [3.8, 4) is 11.1 Å². The molecule has 0 bridgehead atoms. The first-order chi connectivity index (χ1) is 19.0. The zero-order valence-corrected chi connectivity index (χ0v) is 22.4. The van der Waals surface area contributed by atoms with Crippen molar-refractivity contribution in [2.45, 2.75) is 6.92 Å². The summed E-state index contributed by atoms with van der Waals surface area (Å²) in [6, 6.07) is 44.8. The summed E-state index contributed by atoms with van der Waals surface area (Å²) in [5, 5.41) is 22.4. The molecule has 0 saturated carbocycles. The van der Waals surface area contributed by atoms with Crippen molar-refractivity contribution in [3.05, 3.63) is 156 Å². The Labute approximate surface area is 245 Å². The molecule has 0 aliphatic rings. The van der Waals surface area contributed by atoms with Crippen molar-refractivity contribution in [1.29, 1.82) is 0 Å². The molecule has 6 aromatic carbocycles. The predicted molar refractivity (Wildman–Crippen MR) is 157 cm³/mol. The van der Waals surface area contributed by atoms with Gasteiger partial charge in [-0.2, -0.15) is 36.4 Å². The van der Waals surface area contributed by atoms with Crippen LogP contribution < -0.4 is 18.9 Å². The van der Waals surface area contributed by atoms with E-state index in [0.717, 1.165) is 38.2 Å². The minimum atomic E-state index is -0.899. The molecule has 0 heterocycles. The van der Waals surface area contributed by atoms with Crippen LogP contribution in [0.25, 0.3) is 32.7 Å². The standard InChI is InChI=1S/C17H12O2.C12H10O2.C6H5.Li/c18-17(19)15-11-10-12-6-4-5-9-14(12)16(15)13-7-2-1-3-8-13;1-8-10-5-3-2-4-9(10)6-7-11(8)12(13)14;1-2-4-6-5-3-1;/h1-11H,(H,18,19);2-7H,1H3,(H,13,14);1-5H;/q;;-1;+1. The number of carboxylic acid groups (broad SMARTS) is 2. The number of carboxylic acids is 2. The van der Waals surface area contributed by atoms with Crippen LogP contribution in [-0.2, 0) is 0 Å². The van der Waals surface area contributed by atoms with Crippen molar-refractivity contribution in [3.63, 3.8) is 0 Å². The van der Waals surface area contributed by atoms with Crippen LogP contribution in [0.5, 0.6) is 0 Å². The molecule has 0 amide bonds. The maximum atomic E-state index is 11.4. The van der Waals surface area contributed by atoms with Crippen LogP contribution in [0.4, 0.5) is 0 Å². The van der Waals surface area contributed by atoms with E-state index in [-0.39, 0.29) is 18.9 Å². The van der Waals surface area contributed by atoms with Crippen molar-refractivity contribution in [1.82, 2.24) is 0 Å². The van der Waals surface area contributed by atoms with Crippen LogP contribution in [0.1, 0.15) is 26.3 Å². The first-order valence-electron chi connectivity index (χ1n) is 12.4. The summed E-state index contributed by atoms with van der Waals surface area (Å²) < 4.78 is 0. The molecule has 0 radical (unpaired) electrons. The molecule has 40 heavy (non-hydrogen) atoms. The number of benzene rings is 6. The van der Waals surface area contributed by atoms with Crippen LogP contribution in [0, 0.1) is 13.0 Å². The van der Waals surface area contributed by atoms with E-state index in [2.05, 4.69) is 6.07 Å². The van der Waals surface area contributed by atoms with Gasteiger partial charge in [-0.1, -0.05) is 91.0 Å². The molecule has 5 heteroatoms. The molecule has 0 spiro atoms. The van der Waals surface area contributed by atoms with Gasteiger partial charge in [0.25, 0.3) is 0 Å². The van der Waals surface area contributed by atoms with Crippen LogP contribution in [0.3, 0.4) is 0 Å². The smallest absolute Gasteiger partial charge is 0.478 e. The Bertz CT molecular complexity index is 1690. The van der Waals surface area contributed by atoms with Gasteiger partial charge in [0, 0.05) is 5.56 Å². The minimum Gasteiger partial charge on any atom is -0.478 e. The Hall–Kier alpha value is -4.62. The van der Waals surface area contributed by atoms with Gasteiger partial charge >= 0.3 is 30.8 Å². The van der Waals surface area contributed by atoms with Gasteiger partial charge in [-0.3, -0.25) is 0 Å². The van der Waals surface area contributed by atoms with E-state index in [1.165, 1.54) is 0 Å². The molecule has 2 N–H and O–H groups in total. The molecule has 0 atom stereocenters. The van der Waals surface area contributed by atoms with Gasteiger partial charge in [0.2, 0.25) is 0 Å². The Morgan fingerprint density at radius 2 is 1.02 bits per heavy atom. The summed E-state index contributed by atoms with van der Waals surface area (Å²) in [6.45, 7) is 1.84. The summed E-state index contributed by atoms with van der Waals surface area (Å²) in [7, 11) is 0. The SMILES string of the molecule is Cc1c(C(=O)O)ccc2ccccc12.O=C(O)c1ccc2ccccc2c1-c1ccccc1.[Li+].[c-]1ccccc1. The Kier molecular flexibility index (Phi) is 10.9. The fourth-order valence-corrected chi connectivity index (χ4v) is 4.37. The number of aromatic carboxylic acids is 2. The van der Waals surface area contributed by atoms with E-state index >= 15 is 0 Å². The van der Waals surface area contributed by atoms with Gasteiger partial charge in [0.15, 0.2) is 0 Å². The van der Waals surface area contributed by atoms with E-state index in [4.69, 9.17) is 5.11 Å². The Morgan fingerprint density at radius 1 is 0.550 bits per heavy atom. The number of hydrogen-bond donors (Lipinski definition) is 2. The molecule has 0 aliphatic carbocycles. The number of rotatable bonds is 3. The summed E-state index contributed by atoms with van der Waals surface area (Å²) in [4.78, 5) is 22.3. The van der Waals surface area contributed by atoms with Gasteiger partial charge < -0.3 is 10.2 Å². The predicted octanol–water partition coefficient (Wildman–Crippen LogP) is 5.54. The molecule has 192 valence electrons. The number of aryl methyl sites for hydroxylation is 1. The second kappa shape index (κ2) is 14.5. The molecule has 0 saturated heterocycles.